The molecule has 1 heterocycles. The van der Waals surface area contributed by atoms with Gasteiger partial charge in [-0.3, -0.25) is 4.79 Å². The number of carbonyl (C=O) groups is 1. The smallest absolute Gasteiger partial charge is 0.228 e. The van der Waals surface area contributed by atoms with Crippen molar-refractivity contribution in [3.63, 3.8) is 0 Å². The van der Waals surface area contributed by atoms with Crippen LogP contribution in [0, 0.1) is 0 Å². The molecule has 3 rings (SSSR count). The van der Waals surface area contributed by atoms with E-state index in [4.69, 9.17) is 4.74 Å². The Balaban J connectivity index is 1.75. The number of anilines is 1. The Morgan fingerprint density at radius 1 is 1.24 bits per heavy atom. The topological polar surface area (TPSA) is 81.9 Å². The van der Waals surface area contributed by atoms with Crippen LogP contribution in [-0.4, -0.2) is 39.5 Å². The largest absolute Gasteiger partial charge is 0.496 e. The molecule has 0 radical (unpaired) electrons. The highest BCUT2D eigenvalue weighted by atomic mass is 32.2. The second-order valence-electron chi connectivity index (χ2n) is 5.16. The van der Waals surface area contributed by atoms with Gasteiger partial charge < -0.3 is 10.1 Å². The summed E-state index contributed by atoms with van der Waals surface area (Å²) in [6, 6.07) is 14.9. The molecule has 3 aromatic rings. The predicted molar refractivity (Wildman–Crippen MR) is 96.3 cm³/mol. The van der Waals surface area contributed by atoms with Crippen LogP contribution in [0.15, 0.2) is 53.7 Å². The summed E-state index contributed by atoms with van der Waals surface area (Å²) >= 11 is 1.45. The van der Waals surface area contributed by atoms with Gasteiger partial charge in [0.05, 0.1) is 19.2 Å². The number of amides is 1. The molecule has 0 bridgehead atoms. The number of ether oxygens (including phenoxy) is 1. The number of rotatable bonds is 6. The summed E-state index contributed by atoms with van der Waals surface area (Å²) in [7, 11) is 1.59. The van der Waals surface area contributed by atoms with Gasteiger partial charge in [-0.15, -0.1) is 5.10 Å². The van der Waals surface area contributed by atoms with E-state index in [1.807, 2.05) is 54.8 Å². The highest BCUT2D eigenvalue weighted by Gasteiger charge is 2.11. The maximum Gasteiger partial charge on any atom is 0.228 e. The van der Waals surface area contributed by atoms with Crippen LogP contribution in [0.25, 0.3) is 5.69 Å². The average molecular weight is 355 g/mol. The number of hydrogen-bond acceptors (Lipinski definition) is 6. The van der Waals surface area contributed by atoms with E-state index in [0.29, 0.717) is 16.6 Å². The Morgan fingerprint density at radius 2 is 2.08 bits per heavy atom. The molecule has 2 aromatic carbocycles. The third-order valence-corrected chi connectivity index (χ3v) is 4.16. The van der Waals surface area contributed by atoms with E-state index in [1.54, 1.807) is 11.8 Å². The van der Waals surface area contributed by atoms with Gasteiger partial charge in [-0.2, -0.15) is 4.68 Å². The SMILES string of the molecule is COc1ccccc1CC(=O)Nc1cccc(-n2nnnc2SC)c1. The molecule has 0 aliphatic heterocycles. The standard InChI is InChI=1S/C17H17N5O2S/c1-24-15-9-4-3-6-12(15)10-16(23)18-13-7-5-8-14(11-13)22-17(25-2)19-20-21-22/h3-9,11H,10H2,1-2H3,(H,18,23). The average Bonchev–Trinajstić information content (AvgIpc) is 3.11. The molecular weight excluding hydrogens is 338 g/mol. The van der Waals surface area contributed by atoms with Crippen LogP contribution in [0.1, 0.15) is 5.56 Å². The van der Waals surface area contributed by atoms with Gasteiger partial charge in [0.25, 0.3) is 0 Å². The van der Waals surface area contributed by atoms with E-state index >= 15 is 0 Å². The number of nitrogens with one attached hydrogen (secondary N) is 1. The molecule has 8 heteroatoms. The fraction of sp³-hybridized carbons (Fsp3) is 0.176. The number of carbonyl (C=O) groups excluding carboxylic acids is 1. The van der Waals surface area contributed by atoms with Crippen LogP contribution >= 0.6 is 11.8 Å². The van der Waals surface area contributed by atoms with Crippen molar-refractivity contribution in [3.05, 3.63) is 54.1 Å². The van der Waals surface area contributed by atoms with Gasteiger partial charge in [0.1, 0.15) is 5.75 Å². The Kier molecular flexibility index (Phi) is 5.30. The van der Waals surface area contributed by atoms with Crippen LogP contribution in [0.4, 0.5) is 5.69 Å². The maximum atomic E-state index is 12.4. The first-order valence-corrected chi connectivity index (χ1v) is 8.78. The zero-order valence-electron chi connectivity index (χ0n) is 13.8. The molecule has 1 aromatic heterocycles. The zero-order valence-corrected chi connectivity index (χ0v) is 14.7. The summed E-state index contributed by atoms with van der Waals surface area (Å²) in [6.07, 6.45) is 2.14. The van der Waals surface area contributed by atoms with Gasteiger partial charge in [0.2, 0.25) is 11.1 Å². The normalized spacial score (nSPS) is 10.5. The molecule has 0 saturated heterocycles. The first kappa shape index (κ1) is 17.0. The second-order valence-corrected chi connectivity index (χ2v) is 5.94. The third kappa shape index (κ3) is 3.97. The van der Waals surface area contributed by atoms with E-state index < -0.39 is 0 Å². The molecule has 7 nitrogen and oxygen atoms in total. The number of thioether (sulfide) groups is 1. The molecule has 0 aliphatic rings. The Bertz CT molecular complexity index is 881. The summed E-state index contributed by atoms with van der Waals surface area (Å²) < 4.78 is 6.91. The van der Waals surface area contributed by atoms with E-state index in [9.17, 15) is 4.79 Å². The van der Waals surface area contributed by atoms with Crippen LogP contribution in [-0.2, 0) is 11.2 Å². The highest BCUT2D eigenvalue weighted by Crippen LogP contribution is 2.20. The van der Waals surface area contributed by atoms with Gasteiger partial charge in [0, 0.05) is 11.3 Å². The van der Waals surface area contributed by atoms with Crippen molar-refractivity contribution in [1.29, 1.82) is 0 Å². The summed E-state index contributed by atoms with van der Waals surface area (Å²) in [5, 5.41) is 15.2. The lowest BCUT2D eigenvalue weighted by atomic mass is 10.1. The Morgan fingerprint density at radius 3 is 2.88 bits per heavy atom. The molecule has 0 saturated carbocycles. The minimum atomic E-state index is -0.122. The van der Waals surface area contributed by atoms with Crippen LogP contribution < -0.4 is 10.1 Å². The van der Waals surface area contributed by atoms with Crippen molar-refractivity contribution in [2.24, 2.45) is 0 Å². The van der Waals surface area contributed by atoms with Crippen molar-refractivity contribution in [1.82, 2.24) is 20.2 Å². The van der Waals surface area contributed by atoms with E-state index in [-0.39, 0.29) is 12.3 Å². The van der Waals surface area contributed by atoms with Crippen molar-refractivity contribution in [2.45, 2.75) is 11.6 Å². The molecule has 1 amide bonds. The molecule has 0 unspecified atom stereocenters. The van der Waals surface area contributed by atoms with Gasteiger partial charge in [-0.1, -0.05) is 36.0 Å². The lowest BCUT2D eigenvalue weighted by Gasteiger charge is -2.10. The first-order chi connectivity index (χ1) is 12.2. The number of methoxy groups -OCH3 is 1. The number of benzene rings is 2. The van der Waals surface area contributed by atoms with E-state index in [1.165, 1.54) is 11.8 Å². The van der Waals surface area contributed by atoms with Crippen molar-refractivity contribution >= 4 is 23.4 Å². The number of hydrogen-bond donors (Lipinski definition) is 1. The monoisotopic (exact) mass is 355 g/mol. The summed E-state index contributed by atoms with van der Waals surface area (Å²) in [6.45, 7) is 0. The fourth-order valence-electron chi connectivity index (χ4n) is 2.41. The number of tetrazole rings is 1. The minimum absolute atomic E-state index is 0.122. The maximum absolute atomic E-state index is 12.4. The van der Waals surface area contributed by atoms with Crippen molar-refractivity contribution in [3.8, 4) is 11.4 Å². The predicted octanol–water partition coefficient (Wildman–Crippen LogP) is 2.57. The molecule has 0 aliphatic carbocycles. The lowest BCUT2D eigenvalue weighted by molar-refractivity contribution is -0.115. The minimum Gasteiger partial charge on any atom is -0.496 e. The van der Waals surface area contributed by atoms with Crippen molar-refractivity contribution in [2.75, 3.05) is 18.7 Å². The van der Waals surface area contributed by atoms with Crippen molar-refractivity contribution < 1.29 is 9.53 Å². The summed E-state index contributed by atoms with van der Waals surface area (Å²) in [4.78, 5) is 12.4. The van der Waals surface area contributed by atoms with Gasteiger partial charge in [-0.25, -0.2) is 0 Å². The Hall–Kier alpha value is -2.87. The van der Waals surface area contributed by atoms with Gasteiger partial charge >= 0.3 is 0 Å². The summed E-state index contributed by atoms with van der Waals surface area (Å²) in [5.41, 5.74) is 2.30. The van der Waals surface area contributed by atoms with Gasteiger partial charge in [0.15, 0.2) is 0 Å². The number of nitrogens with zero attached hydrogens (tertiary/aromatic N) is 4. The lowest BCUT2D eigenvalue weighted by Crippen LogP contribution is -2.15. The fourth-order valence-corrected chi connectivity index (χ4v) is 2.84. The molecule has 128 valence electrons. The number of aromatic nitrogens is 4. The number of para-hydroxylation sites is 1. The third-order valence-electron chi connectivity index (χ3n) is 3.54. The van der Waals surface area contributed by atoms with Crippen LogP contribution in [0.2, 0.25) is 0 Å². The van der Waals surface area contributed by atoms with Crippen LogP contribution in [0.3, 0.4) is 0 Å². The van der Waals surface area contributed by atoms with E-state index in [0.717, 1.165) is 11.3 Å². The quantitative estimate of drug-likeness (QED) is 0.685. The second kappa shape index (κ2) is 7.80. The molecule has 0 fully saturated rings. The first-order valence-electron chi connectivity index (χ1n) is 7.56. The molecule has 1 N–H and O–H groups in total. The summed E-state index contributed by atoms with van der Waals surface area (Å²) in [5.74, 6) is 0.577. The Labute approximate surface area is 149 Å². The van der Waals surface area contributed by atoms with Gasteiger partial charge in [-0.05, 0) is 40.9 Å². The van der Waals surface area contributed by atoms with Crippen LogP contribution in [0.5, 0.6) is 5.75 Å². The zero-order chi connectivity index (χ0) is 17.6. The molecule has 0 spiro atoms. The highest BCUT2D eigenvalue weighted by molar-refractivity contribution is 7.98. The molecule has 0 atom stereocenters. The molecular formula is C17H17N5O2S. The molecule has 25 heavy (non-hydrogen) atoms. The van der Waals surface area contributed by atoms with E-state index in [2.05, 4.69) is 20.8 Å².